The summed E-state index contributed by atoms with van der Waals surface area (Å²) in [5, 5.41) is 8.27. The number of rotatable bonds is 6. The fourth-order valence-corrected chi connectivity index (χ4v) is 4.20. The Morgan fingerprint density at radius 2 is 1.93 bits per heavy atom. The van der Waals surface area contributed by atoms with Gasteiger partial charge in [0.15, 0.2) is 5.82 Å². The molecule has 0 radical (unpaired) electrons. The number of likely N-dealkylation sites (N-methyl/N-ethyl adjacent to an activating group) is 1. The van der Waals surface area contributed by atoms with Gasteiger partial charge >= 0.3 is 0 Å². The molecule has 7 nitrogen and oxygen atoms in total. The first-order valence-electron chi connectivity index (χ1n) is 10.8. The van der Waals surface area contributed by atoms with Gasteiger partial charge in [0.05, 0.1) is 5.69 Å². The standard InChI is InChI=1S/C22H29N7/c1-2-27-10-12-28(13-11-27)21-14-17(6-7-23-21)16-25-22-20-15-19(18-4-3-5-18)26-29(20)9-8-24-22/h6-9,14-15,18H,2-5,10-13,16H2,1H3,(H,24,25). The van der Waals surface area contributed by atoms with E-state index in [0.717, 1.165) is 56.4 Å². The van der Waals surface area contributed by atoms with E-state index in [1.54, 1.807) is 0 Å². The van der Waals surface area contributed by atoms with Crippen molar-refractivity contribution in [3.8, 4) is 0 Å². The molecule has 0 unspecified atom stereocenters. The summed E-state index contributed by atoms with van der Waals surface area (Å²) in [6.07, 6.45) is 9.50. The molecule has 2 fully saturated rings. The van der Waals surface area contributed by atoms with E-state index >= 15 is 0 Å². The second-order valence-corrected chi connectivity index (χ2v) is 8.10. The molecule has 1 saturated carbocycles. The van der Waals surface area contributed by atoms with Crippen molar-refractivity contribution in [3.63, 3.8) is 0 Å². The number of nitrogens with one attached hydrogen (secondary N) is 1. The quantitative estimate of drug-likeness (QED) is 0.697. The summed E-state index contributed by atoms with van der Waals surface area (Å²) in [6.45, 7) is 8.37. The largest absolute Gasteiger partial charge is 0.364 e. The fourth-order valence-electron chi connectivity index (χ4n) is 4.20. The number of nitrogens with zero attached hydrogens (tertiary/aromatic N) is 6. The summed E-state index contributed by atoms with van der Waals surface area (Å²) >= 11 is 0. The van der Waals surface area contributed by atoms with E-state index in [0.29, 0.717) is 5.92 Å². The van der Waals surface area contributed by atoms with Crippen LogP contribution in [0.25, 0.3) is 5.52 Å². The lowest BCUT2D eigenvalue weighted by Gasteiger charge is -2.34. The van der Waals surface area contributed by atoms with E-state index < -0.39 is 0 Å². The molecule has 2 aliphatic rings. The zero-order valence-electron chi connectivity index (χ0n) is 17.1. The Labute approximate surface area is 171 Å². The molecular weight excluding hydrogens is 362 g/mol. The summed E-state index contributed by atoms with van der Waals surface area (Å²) in [7, 11) is 0. The van der Waals surface area contributed by atoms with Gasteiger partial charge in [0, 0.05) is 57.2 Å². The van der Waals surface area contributed by atoms with Gasteiger partial charge in [-0.25, -0.2) is 14.5 Å². The second-order valence-electron chi connectivity index (χ2n) is 8.10. The number of pyridine rings is 1. The van der Waals surface area contributed by atoms with Gasteiger partial charge in [-0.05, 0) is 43.1 Å². The van der Waals surface area contributed by atoms with Gasteiger partial charge in [0.25, 0.3) is 0 Å². The highest BCUT2D eigenvalue weighted by Crippen LogP contribution is 2.36. The average molecular weight is 392 g/mol. The highest BCUT2D eigenvalue weighted by Gasteiger charge is 2.23. The van der Waals surface area contributed by atoms with Crippen LogP contribution in [0.1, 0.15) is 43.4 Å². The zero-order valence-corrected chi connectivity index (χ0v) is 17.1. The van der Waals surface area contributed by atoms with Crippen molar-refractivity contribution >= 4 is 17.2 Å². The monoisotopic (exact) mass is 391 g/mol. The highest BCUT2D eigenvalue weighted by atomic mass is 15.3. The summed E-state index contributed by atoms with van der Waals surface area (Å²) in [5.41, 5.74) is 3.47. The van der Waals surface area contributed by atoms with Crippen LogP contribution < -0.4 is 10.2 Å². The molecule has 29 heavy (non-hydrogen) atoms. The number of piperazine rings is 1. The molecule has 4 heterocycles. The number of anilines is 2. The Morgan fingerprint density at radius 3 is 2.69 bits per heavy atom. The van der Waals surface area contributed by atoms with Crippen LogP contribution in [0.5, 0.6) is 0 Å². The maximum absolute atomic E-state index is 4.75. The minimum absolute atomic E-state index is 0.624. The molecule has 0 bridgehead atoms. The predicted molar refractivity (Wildman–Crippen MR) is 115 cm³/mol. The highest BCUT2D eigenvalue weighted by molar-refractivity contribution is 5.68. The van der Waals surface area contributed by atoms with Gasteiger partial charge in [-0.3, -0.25) is 0 Å². The van der Waals surface area contributed by atoms with Crippen molar-refractivity contribution in [3.05, 3.63) is 48.0 Å². The van der Waals surface area contributed by atoms with Gasteiger partial charge in [-0.15, -0.1) is 0 Å². The maximum Gasteiger partial charge on any atom is 0.152 e. The van der Waals surface area contributed by atoms with E-state index in [-0.39, 0.29) is 0 Å². The SMILES string of the molecule is CCN1CCN(c2cc(CNc3nccn4nc(C5CCC5)cc34)ccn2)CC1. The van der Waals surface area contributed by atoms with Crippen LogP contribution in [0.2, 0.25) is 0 Å². The molecule has 0 amide bonds. The smallest absolute Gasteiger partial charge is 0.152 e. The molecular formula is C22H29N7. The van der Waals surface area contributed by atoms with Gasteiger partial charge < -0.3 is 15.1 Å². The van der Waals surface area contributed by atoms with Gasteiger partial charge in [0.2, 0.25) is 0 Å². The first-order valence-corrected chi connectivity index (χ1v) is 10.8. The molecule has 1 aliphatic carbocycles. The summed E-state index contributed by atoms with van der Waals surface area (Å²) in [5.74, 6) is 2.59. The number of hydrogen-bond acceptors (Lipinski definition) is 6. The van der Waals surface area contributed by atoms with Gasteiger partial charge in [-0.1, -0.05) is 13.3 Å². The fraction of sp³-hybridized carbons (Fsp3) is 0.500. The van der Waals surface area contributed by atoms with E-state index in [9.17, 15) is 0 Å². The van der Waals surface area contributed by atoms with E-state index in [1.807, 2.05) is 23.1 Å². The number of fused-ring (bicyclic) bond motifs is 1. The zero-order chi connectivity index (χ0) is 19.6. The van der Waals surface area contributed by atoms with Crippen molar-refractivity contribution in [2.75, 3.05) is 42.9 Å². The molecule has 0 spiro atoms. The summed E-state index contributed by atoms with van der Waals surface area (Å²) in [4.78, 5) is 14.0. The second kappa shape index (κ2) is 7.99. The first kappa shape index (κ1) is 18.4. The third-order valence-corrected chi connectivity index (χ3v) is 6.35. The Hall–Kier alpha value is -2.67. The lowest BCUT2D eigenvalue weighted by atomic mass is 9.83. The normalized spacial score (nSPS) is 18.2. The van der Waals surface area contributed by atoms with E-state index in [2.05, 4.69) is 50.2 Å². The van der Waals surface area contributed by atoms with Gasteiger partial charge in [-0.2, -0.15) is 5.10 Å². The van der Waals surface area contributed by atoms with Crippen LogP contribution in [0.4, 0.5) is 11.6 Å². The maximum atomic E-state index is 4.75. The minimum Gasteiger partial charge on any atom is -0.364 e. The van der Waals surface area contributed by atoms with Gasteiger partial charge in [0.1, 0.15) is 11.3 Å². The minimum atomic E-state index is 0.624. The molecule has 1 aliphatic heterocycles. The summed E-state index contributed by atoms with van der Waals surface area (Å²) in [6, 6.07) is 6.48. The molecule has 0 aromatic carbocycles. The van der Waals surface area contributed by atoms with Crippen LogP contribution in [0.3, 0.4) is 0 Å². The van der Waals surface area contributed by atoms with Crippen molar-refractivity contribution in [2.24, 2.45) is 0 Å². The van der Waals surface area contributed by atoms with Crippen LogP contribution >= 0.6 is 0 Å². The van der Waals surface area contributed by atoms with Crippen molar-refractivity contribution in [2.45, 2.75) is 38.6 Å². The molecule has 3 aromatic rings. The van der Waals surface area contributed by atoms with Crippen molar-refractivity contribution < 1.29 is 0 Å². The van der Waals surface area contributed by atoms with Crippen molar-refractivity contribution in [1.29, 1.82) is 0 Å². The lowest BCUT2D eigenvalue weighted by molar-refractivity contribution is 0.270. The molecule has 152 valence electrons. The van der Waals surface area contributed by atoms with E-state index in [4.69, 9.17) is 5.10 Å². The topological polar surface area (TPSA) is 61.6 Å². The molecule has 3 aromatic heterocycles. The number of aromatic nitrogens is 4. The van der Waals surface area contributed by atoms with Crippen molar-refractivity contribution in [1.82, 2.24) is 24.5 Å². The van der Waals surface area contributed by atoms with Crippen LogP contribution in [-0.2, 0) is 6.54 Å². The van der Waals surface area contributed by atoms with Crippen LogP contribution in [0, 0.1) is 0 Å². The molecule has 0 atom stereocenters. The molecule has 1 N–H and O–H groups in total. The Bertz CT molecular complexity index is 970. The van der Waals surface area contributed by atoms with Crippen LogP contribution in [-0.4, -0.2) is 57.2 Å². The molecule has 5 rings (SSSR count). The lowest BCUT2D eigenvalue weighted by Crippen LogP contribution is -2.46. The average Bonchev–Trinajstić information content (AvgIpc) is 3.15. The molecule has 7 heteroatoms. The third kappa shape index (κ3) is 3.79. The Balaban J connectivity index is 1.28. The van der Waals surface area contributed by atoms with E-state index in [1.165, 1.54) is 30.5 Å². The summed E-state index contributed by atoms with van der Waals surface area (Å²) < 4.78 is 1.95. The first-order chi connectivity index (χ1) is 14.3. The number of hydrogen-bond donors (Lipinski definition) is 1. The Morgan fingerprint density at radius 1 is 1.07 bits per heavy atom. The predicted octanol–water partition coefficient (Wildman–Crippen LogP) is 3.15. The molecule has 1 saturated heterocycles. The third-order valence-electron chi connectivity index (χ3n) is 6.35. The Kier molecular flexibility index (Phi) is 5.06. The van der Waals surface area contributed by atoms with Crippen LogP contribution in [0.15, 0.2) is 36.8 Å².